The molecule has 2 heteroatoms. The van der Waals surface area contributed by atoms with E-state index in [2.05, 4.69) is 12.2 Å². The van der Waals surface area contributed by atoms with Crippen LogP contribution in [-0.4, -0.2) is 23.8 Å². The normalized spacial score (nSPS) is 24.2. The van der Waals surface area contributed by atoms with E-state index in [1.165, 1.54) is 32.1 Å². The van der Waals surface area contributed by atoms with Crippen molar-refractivity contribution in [2.75, 3.05) is 6.61 Å². The predicted molar refractivity (Wildman–Crippen MR) is 55.7 cm³/mol. The number of aliphatic hydroxyl groups is 1. The van der Waals surface area contributed by atoms with Gasteiger partial charge in [0.25, 0.3) is 0 Å². The van der Waals surface area contributed by atoms with Gasteiger partial charge in [-0.3, -0.25) is 0 Å². The van der Waals surface area contributed by atoms with Crippen molar-refractivity contribution in [3.8, 4) is 0 Å². The third-order valence-electron chi connectivity index (χ3n) is 3.18. The molecule has 0 saturated heterocycles. The molecule has 0 spiro atoms. The Hall–Kier alpha value is -0.0800. The Balaban J connectivity index is 2.24. The monoisotopic (exact) mass is 185 g/mol. The smallest absolute Gasteiger partial charge is 0.0582 e. The highest BCUT2D eigenvalue weighted by atomic mass is 16.3. The zero-order chi connectivity index (χ0) is 9.68. The van der Waals surface area contributed by atoms with Gasteiger partial charge < -0.3 is 10.4 Å². The van der Waals surface area contributed by atoms with E-state index in [0.29, 0.717) is 6.04 Å². The maximum Gasteiger partial charge on any atom is 0.0582 e. The number of nitrogens with one attached hydrogen (secondary N) is 1. The Morgan fingerprint density at radius 2 is 1.85 bits per heavy atom. The molecule has 0 heterocycles. The molecule has 0 aromatic carbocycles. The van der Waals surface area contributed by atoms with Crippen LogP contribution in [0.5, 0.6) is 0 Å². The summed E-state index contributed by atoms with van der Waals surface area (Å²) in [5.74, 6) is 0.836. The number of aliphatic hydroxyl groups excluding tert-OH is 1. The standard InChI is InChI=1S/C11H23NO/c1-9(8-13)12-10(2)11-6-4-3-5-7-11/h9-13H,3-8H2,1-2H3/t9-,10+/m0/s1. The Morgan fingerprint density at radius 1 is 1.23 bits per heavy atom. The lowest BCUT2D eigenvalue weighted by molar-refractivity contribution is 0.211. The summed E-state index contributed by atoms with van der Waals surface area (Å²) in [7, 11) is 0. The van der Waals surface area contributed by atoms with E-state index in [0.717, 1.165) is 5.92 Å². The molecule has 2 nitrogen and oxygen atoms in total. The third kappa shape index (κ3) is 3.65. The second-order valence-corrected chi connectivity index (χ2v) is 4.44. The lowest BCUT2D eigenvalue weighted by atomic mass is 9.84. The predicted octanol–water partition coefficient (Wildman–Crippen LogP) is 1.93. The Labute approximate surface area is 81.7 Å². The van der Waals surface area contributed by atoms with Gasteiger partial charge in [0, 0.05) is 12.1 Å². The molecule has 0 aromatic rings. The number of hydrogen-bond donors (Lipinski definition) is 2. The highest BCUT2D eigenvalue weighted by molar-refractivity contribution is 4.77. The van der Waals surface area contributed by atoms with E-state index >= 15 is 0 Å². The van der Waals surface area contributed by atoms with Crippen LogP contribution >= 0.6 is 0 Å². The minimum atomic E-state index is 0.247. The average Bonchev–Trinajstić information content (AvgIpc) is 2.19. The van der Waals surface area contributed by atoms with Crippen molar-refractivity contribution in [1.82, 2.24) is 5.32 Å². The molecule has 1 aliphatic rings. The van der Waals surface area contributed by atoms with Crippen LogP contribution in [0.15, 0.2) is 0 Å². The summed E-state index contributed by atoms with van der Waals surface area (Å²) in [6, 6.07) is 0.819. The van der Waals surface area contributed by atoms with Gasteiger partial charge in [-0.15, -0.1) is 0 Å². The van der Waals surface area contributed by atoms with Gasteiger partial charge in [0.2, 0.25) is 0 Å². The molecule has 0 amide bonds. The largest absolute Gasteiger partial charge is 0.395 e. The molecular weight excluding hydrogens is 162 g/mol. The van der Waals surface area contributed by atoms with Gasteiger partial charge in [-0.25, -0.2) is 0 Å². The maximum atomic E-state index is 8.92. The summed E-state index contributed by atoms with van der Waals surface area (Å²) in [4.78, 5) is 0. The summed E-state index contributed by atoms with van der Waals surface area (Å²) < 4.78 is 0. The van der Waals surface area contributed by atoms with E-state index in [-0.39, 0.29) is 12.6 Å². The lowest BCUT2D eigenvalue weighted by Gasteiger charge is -2.30. The van der Waals surface area contributed by atoms with Crippen LogP contribution < -0.4 is 5.32 Å². The van der Waals surface area contributed by atoms with Crippen LogP contribution in [0, 0.1) is 5.92 Å². The van der Waals surface area contributed by atoms with Gasteiger partial charge in [-0.2, -0.15) is 0 Å². The van der Waals surface area contributed by atoms with Crippen molar-refractivity contribution in [3.63, 3.8) is 0 Å². The minimum absolute atomic E-state index is 0.247. The van der Waals surface area contributed by atoms with Crippen LogP contribution in [-0.2, 0) is 0 Å². The van der Waals surface area contributed by atoms with E-state index in [1.54, 1.807) is 0 Å². The molecule has 13 heavy (non-hydrogen) atoms. The highest BCUT2D eigenvalue weighted by Gasteiger charge is 2.20. The van der Waals surface area contributed by atoms with E-state index in [1.807, 2.05) is 6.92 Å². The molecule has 2 atom stereocenters. The summed E-state index contributed by atoms with van der Waals surface area (Å²) in [5.41, 5.74) is 0. The van der Waals surface area contributed by atoms with Gasteiger partial charge in [-0.1, -0.05) is 19.3 Å². The summed E-state index contributed by atoms with van der Waals surface area (Å²) in [5, 5.41) is 12.4. The molecule has 2 N–H and O–H groups in total. The fourth-order valence-corrected chi connectivity index (χ4v) is 2.27. The first kappa shape index (κ1) is 11.0. The van der Waals surface area contributed by atoms with Crippen molar-refractivity contribution < 1.29 is 5.11 Å². The topological polar surface area (TPSA) is 32.3 Å². The Morgan fingerprint density at radius 3 is 2.38 bits per heavy atom. The van der Waals surface area contributed by atoms with Crippen LogP contribution in [0.25, 0.3) is 0 Å². The Bertz CT molecular complexity index is 132. The molecule has 0 radical (unpaired) electrons. The first-order chi connectivity index (χ1) is 6.24. The maximum absolute atomic E-state index is 8.92. The molecule has 1 saturated carbocycles. The zero-order valence-electron chi connectivity index (χ0n) is 8.92. The fraction of sp³-hybridized carbons (Fsp3) is 1.00. The van der Waals surface area contributed by atoms with Gasteiger partial charge in [-0.05, 0) is 32.6 Å². The third-order valence-corrected chi connectivity index (χ3v) is 3.18. The zero-order valence-corrected chi connectivity index (χ0v) is 8.92. The average molecular weight is 185 g/mol. The van der Waals surface area contributed by atoms with Gasteiger partial charge in [0.05, 0.1) is 6.61 Å². The molecule has 1 rings (SSSR count). The van der Waals surface area contributed by atoms with Crippen molar-refractivity contribution in [1.29, 1.82) is 0 Å². The first-order valence-electron chi connectivity index (χ1n) is 5.61. The second-order valence-electron chi connectivity index (χ2n) is 4.44. The van der Waals surface area contributed by atoms with Crippen molar-refractivity contribution in [3.05, 3.63) is 0 Å². The minimum Gasteiger partial charge on any atom is -0.395 e. The van der Waals surface area contributed by atoms with Crippen LogP contribution in [0.2, 0.25) is 0 Å². The van der Waals surface area contributed by atoms with E-state index in [9.17, 15) is 0 Å². The van der Waals surface area contributed by atoms with Gasteiger partial charge in [0.15, 0.2) is 0 Å². The highest BCUT2D eigenvalue weighted by Crippen LogP contribution is 2.26. The molecular formula is C11H23NO. The molecule has 1 aliphatic carbocycles. The van der Waals surface area contributed by atoms with Crippen molar-refractivity contribution >= 4 is 0 Å². The first-order valence-corrected chi connectivity index (χ1v) is 5.61. The quantitative estimate of drug-likeness (QED) is 0.701. The molecule has 0 bridgehead atoms. The summed E-state index contributed by atoms with van der Waals surface area (Å²) in [6.07, 6.45) is 6.94. The van der Waals surface area contributed by atoms with E-state index in [4.69, 9.17) is 5.11 Å². The molecule has 0 unspecified atom stereocenters. The molecule has 78 valence electrons. The number of rotatable bonds is 4. The lowest BCUT2D eigenvalue weighted by Crippen LogP contribution is -2.41. The number of hydrogen-bond acceptors (Lipinski definition) is 2. The summed E-state index contributed by atoms with van der Waals surface area (Å²) in [6.45, 7) is 4.54. The fourth-order valence-electron chi connectivity index (χ4n) is 2.27. The second kappa shape index (κ2) is 5.61. The van der Waals surface area contributed by atoms with Crippen LogP contribution in [0.4, 0.5) is 0 Å². The Kier molecular flexibility index (Phi) is 4.74. The van der Waals surface area contributed by atoms with Crippen molar-refractivity contribution in [2.24, 2.45) is 5.92 Å². The van der Waals surface area contributed by atoms with Crippen molar-refractivity contribution in [2.45, 2.75) is 58.0 Å². The molecule has 0 aromatic heterocycles. The van der Waals surface area contributed by atoms with E-state index < -0.39 is 0 Å². The van der Waals surface area contributed by atoms with Crippen LogP contribution in [0.1, 0.15) is 46.0 Å². The SMILES string of the molecule is C[C@@H](CO)N[C@H](C)C1CCCCC1. The van der Waals surface area contributed by atoms with Gasteiger partial charge in [0.1, 0.15) is 0 Å². The summed E-state index contributed by atoms with van der Waals surface area (Å²) >= 11 is 0. The van der Waals surface area contributed by atoms with Gasteiger partial charge >= 0.3 is 0 Å². The molecule has 0 aliphatic heterocycles. The van der Waals surface area contributed by atoms with Crippen LogP contribution in [0.3, 0.4) is 0 Å². The molecule has 1 fully saturated rings.